The second-order valence-electron chi connectivity index (χ2n) is 6.03. The topological polar surface area (TPSA) is 32.3 Å². The predicted molar refractivity (Wildman–Crippen MR) is 85.7 cm³/mol. The van der Waals surface area contributed by atoms with Crippen molar-refractivity contribution in [3.05, 3.63) is 22.4 Å². The lowest BCUT2D eigenvalue weighted by Gasteiger charge is -2.39. The first kappa shape index (κ1) is 15.8. The third kappa shape index (κ3) is 3.02. The molecule has 2 fully saturated rings. The van der Waals surface area contributed by atoms with Crippen molar-refractivity contribution in [1.29, 1.82) is 0 Å². The monoisotopic (exact) mass is 314 g/mol. The van der Waals surface area contributed by atoms with Crippen LogP contribution in [-0.4, -0.2) is 37.0 Å². The number of hydrogen-bond donors (Lipinski definition) is 1. The molecule has 0 aromatic carbocycles. The van der Waals surface area contributed by atoms with Crippen molar-refractivity contribution in [2.75, 3.05) is 26.2 Å². The second-order valence-corrected chi connectivity index (χ2v) is 6.81. The summed E-state index contributed by atoms with van der Waals surface area (Å²) in [5.41, 5.74) is 1.65. The molecule has 0 saturated carbocycles. The Morgan fingerprint density at radius 1 is 1.40 bits per heavy atom. The van der Waals surface area contributed by atoms with Crippen LogP contribution >= 0.6 is 23.7 Å². The molecule has 1 unspecified atom stereocenters. The number of piperidine rings is 1. The summed E-state index contributed by atoms with van der Waals surface area (Å²) in [5.74, 6) is 0.321. The highest BCUT2D eigenvalue weighted by Crippen LogP contribution is 2.37. The van der Waals surface area contributed by atoms with Crippen molar-refractivity contribution in [3.63, 3.8) is 0 Å². The van der Waals surface area contributed by atoms with Crippen LogP contribution in [0.15, 0.2) is 16.8 Å². The summed E-state index contributed by atoms with van der Waals surface area (Å²) in [6.07, 6.45) is 3.62. The Balaban J connectivity index is 0.00000147. The lowest BCUT2D eigenvalue weighted by atomic mass is 9.77. The largest absolute Gasteiger partial charge is 0.342 e. The molecular weight excluding hydrogens is 292 g/mol. The van der Waals surface area contributed by atoms with Crippen molar-refractivity contribution in [2.24, 2.45) is 5.41 Å². The zero-order chi connectivity index (χ0) is 13.3. The molecule has 0 bridgehead atoms. The molecule has 20 heavy (non-hydrogen) atoms. The van der Waals surface area contributed by atoms with Gasteiger partial charge in [-0.3, -0.25) is 4.79 Å². The summed E-state index contributed by atoms with van der Waals surface area (Å²) < 4.78 is 0. The van der Waals surface area contributed by atoms with Crippen LogP contribution < -0.4 is 5.32 Å². The standard InChI is InChI=1S/C15H22N2OS.ClH/c1-12(13-2-9-19-10-13)14(18)17-7-4-15(5-8-17)3-6-16-11-15;/h2,9-10,12,16H,3-8,11H2,1H3;1H. The molecule has 3 rings (SSSR count). The van der Waals surface area contributed by atoms with E-state index < -0.39 is 0 Å². The molecular formula is C15H23ClN2OS. The number of carbonyl (C=O) groups excluding carboxylic acids is 1. The quantitative estimate of drug-likeness (QED) is 0.910. The van der Waals surface area contributed by atoms with Crippen LogP contribution in [-0.2, 0) is 4.79 Å². The van der Waals surface area contributed by atoms with Gasteiger partial charge in [0.1, 0.15) is 0 Å². The lowest BCUT2D eigenvalue weighted by molar-refractivity contribution is -0.134. The van der Waals surface area contributed by atoms with Crippen LogP contribution in [0.3, 0.4) is 0 Å². The van der Waals surface area contributed by atoms with E-state index in [0.717, 1.165) is 31.7 Å². The van der Waals surface area contributed by atoms with Gasteiger partial charge in [0.2, 0.25) is 5.91 Å². The van der Waals surface area contributed by atoms with Crippen molar-refractivity contribution in [1.82, 2.24) is 10.2 Å². The molecule has 1 amide bonds. The highest BCUT2D eigenvalue weighted by atomic mass is 35.5. The molecule has 2 aliphatic heterocycles. The molecule has 3 nitrogen and oxygen atoms in total. The van der Waals surface area contributed by atoms with Gasteiger partial charge < -0.3 is 10.2 Å². The fraction of sp³-hybridized carbons (Fsp3) is 0.667. The molecule has 2 aliphatic rings. The van der Waals surface area contributed by atoms with E-state index in [1.165, 1.54) is 19.3 Å². The molecule has 2 saturated heterocycles. The number of nitrogens with one attached hydrogen (secondary N) is 1. The van der Waals surface area contributed by atoms with Gasteiger partial charge in [-0.25, -0.2) is 0 Å². The van der Waals surface area contributed by atoms with Crippen molar-refractivity contribution < 1.29 is 4.79 Å². The number of hydrogen-bond acceptors (Lipinski definition) is 3. The van der Waals surface area contributed by atoms with E-state index in [0.29, 0.717) is 11.3 Å². The van der Waals surface area contributed by atoms with Crippen LogP contribution in [0.25, 0.3) is 0 Å². The number of likely N-dealkylation sites (tertiary alicyclic amines) is 1. The van der Waals surface area contributed by atoms with Gasteiger partial charge in [0, 0.05) is 19.6 Å². The minimum atomic E-state index is 0. The second kappa shape index (κ2) is 6.46. The van der Waals surface area contributed by atoms with E-state index in [1.807, 2.05) is 6.92 Å². The van der Waals surface area contributed by atoms with Gasteiger partial charge in [0.25, 0.3) is 0 Å². The smallest absolute Gasteiger partial charge is 0.229 e. The van der Waals surface area contributed by atoms with E-state index in [-0.39, 0.29) is 18.3 Å². The molecule has 0 radical (unpaired) electrons. The van der Waals surface area contributed by atoms with Crippen LogP contribution in [0.2, 0.25) is 0 Å². The van der Waals surface area contributed by atoms with Gasteiger partial charge in [0.15, 0.2) is 0 Å². The Bertz CT molecular complexity index is 433. The Morgan fingerprint density at radius 3 is 2.70 bits per heavy atom. The third-order valence-corrected chi connectivity index (χ3v) is 5.58. The molecule has 112 valence electrons. The summed E-state index contributed by atoms with van der Waals surface area (Å²) >= 11 is 1.67. The number of amides is 1. The van der Waals surface area contributed by atoms with Gasteiger partial charge in [-0.15, -0.1) is 12.4 Å². The highest BCUT2D eigenvalue weighted by molar-refractivity contribution is 7.08. The molecule has 5 heteroatoms. The molecule has 1 N–H and O–H groups in total. The highest BCUT2D eigenvalue weighted by Gasteiger charge is 2.38. The zero-order valence-electron chi connectivity index (χ0n) is 11.9. The summed E-state index contributed by atoms with van der Waals surface area (Å²) in [4.78, 5) is 14.6. The van der Waals surface area contributed by atoms with Gasteiger partial charge in [-0.05, 0) is 60.5 Å². The summed E-state index contributed by atoms with van der Waals surface area (Å²) in [5, 5.41) is 7.61. The maximum atomic E-state index is 12.5. The van der Waals surface area contributed by atoms with Crippen LogP contribution in [0.4, 0.5) is 0 Å². The third-order valence-electron chi connectivity index (χ3n) is 4.88. The maximum Gasteiger partial charge on any atom is 0.229 e. The summed E-state index contributed by atoms with van der Waals surface area (Å²) in [6, 6.07) is 2.07. The Hall–Kier alpha value is -0.580. The number of carbonyl (C=O) groups is 1. The van der Waals surface area contributed by atoms with E-state index >= 15 is 0 Å². The molecule has 1 atom stereocenters. The molecule has 3 heterocycles. The average molecular weight is 315 g/mol. The number of thiophene rings is 1. The number of rotatable bonds is 2. The lowest BCUT2D eigenvalue weighted by Crippen LogP contribution is -2.45. The number of halogens is 1. The Morgan fingerprint density at radius 2 is 2.15 bits per heavy atom. The van der Waals surface area contributed by atoms with E-state index in [2.05, 4.69) is 27.0 Å². The molecule has 1 aromatic rings. The minimum absolute atomic E-state index is 0. The zero-order valence-corrected chi connectivity index (χ0v) is 13.6. The molecule has 1 aromatic heterocycles. The number of nitrogens with zero attached hydrogens (tertiary/aromatic N) is 1. The SMILES string of the molecule is CC(C(=O)N1CCC2(CCNC2)CC1)c1ccsc1.Cl. The van der Waals surface area contributed by atoms with Crippen molar-refractivity contribution in [3.8, 4) is 0 Å². The molecule has 0 aliphatic carbocycles. The first-order valence-electron chi connectivity index (χ1n) is 7.22. The normalized spacial score (nSPS) is 22.6. The van der Waals surface area contributed by atoms with Crippen molar-refractivity contribution in [2.45, 2.75) is 32.1 Å². The van der Waals surface area contributed by atoms with Gasteiger partial charge in [-0.2, -0.15) is 11.3 Å². The van der Waals surface area contributed by atoms with E-state index in [4.69, 9.17) is 0 Å². The fourth-order valence-electron chi connectivity index (χ4n) is 3.36. The maximum absolute atomic E-state index is 12.5. The van der Waals surface area contributed by atoms with Crippen LogP contribution in [0, 0.1) is 5.41 Å². The van der Waals surface area contributed by atoms with Crippen molar-refractivity contribution >= 4 is 29.7 Å². The summed E-state index contributed by atoms with van der Waals surface area (Å²) in [7, 11) is 0. The Labute approximate surface area is 131 Å². The average Bonchev–Trinajstić information content (AvgIpc) is 3.10. The fourth-order valence-corrected chi connectivity index (χ4v) is 4.12. The minimum Gasteiger partial charge on any atom is -0.342 e. The summed E-state index contributed by atoms with van der Waals surface area (Å²) in [6.45, 7) is 6.21. The van der Waals surface area contributed by atoms with E-state index in [1.54, 1.807) is 11.3 Å². The Kier molecular flexibility index (Phi) is 5.10. The predicted octanol–water partition coefficient (Wildman–Crippen LogP) is 2.88. The van der Waals surface area contributed by atoms with Crippen LogP contribution in [0.5, 0.6) is 0 Å². The van der Waals surface area contributed by atoms with Gasteiger partial charge in [-0.1, -0.05) is 0 Å². The molecule has 1 spiro atoms. The van der Waals surface area contributed by atoms with Gasteiger partial charge >= 0.3 is 0 Å². The first-order valence-corrected chi connectivity index (χ1v) is 8.16. The van der Waals surface area contributed by atoms with Gasteiger partial charge in [0.05, 0.1) is 5.92 Å². The van der Waals surface area contributed by atoms with E-state index in [9.17, 15) is 4.79 Å². The van der Waals surface area contributed by atoms with Crippen LogP contribution in [0.1, 0.15) is 37.7 Å². The first-order chi connectivity index (χ1) is 9.20.